The first-order chi connectivity index (χ1) is 24.8. The van der Waals surface area contributed by atoms with Gasteiger partial charge in [-0.05, 0) is 65.4 Å². The summed E-state index contributed by atoms with van der Waals surface area (Å²) in [5.74, 6) is 0. The Morgan fingerprint density at radius 2 is 0.760 bits per heavy atom. The van der Waals surface area contributed by atoms with Crippen LogP contribution < -0.4 is 9.80 Å². The van der Waals surface area contributed by atoms with Gasteiger partial charge in [0.05, 0.1) is 28.5 Å². The molecule has 0 fully saturated rings. The van der Waals surface area contributed by atoms with E-state index in [-0.39, 0.29) is 0 Å². The van der Waals surface area contributed by atoms with Gasteiger partial charge in [-0.25, -0.2) is 9.97 Å². The van der Waals surface area contributed by atoms with Crippen molar-refractivity contribution in [3.8, 4) is 22.5 Å². The molecule has 0 radical (unpaired) electrons. The Balaban J connectivity index is 1.33. The summed E-state index contributed by atoms with van der Waals surface area (Å²) in [6, 6.07) is 64.1. The van der Waals surface area contributed by atoms with Gasteiger partial charge in [0.15, 0.2) is 0 Å². The number of benzene rings is 8. The maximum atomic E-state index is 5.65. The highest BCUT2D eigenvalue weighted by atomic mass is 15.2. The number of hydrogen-bond acceptors (Lipinski definition) is 4. The summed E-state index contributed by atoms with van der Waals surface area (Å²) in [6.07, 6.45) is 0. The molecule has 1 heterocycles. The molecule has 0 spiro atoms. The minimum atomic E-state index is 0.833. The van der Waals surface area contributed by atoms with Crippen molar-refractivity contribution in [1.29, 1.82) is 0 Å². The number of aromatic nitrogens is 2. The number of nitrogens with zero attached hydrogens (tertiary/aromatic N) is 4. The zero-order valence-corrected chi connectivity index (χ0v) is 27.1. The van der Waals surface area contributed by atoms with Crippen LogP contribution in [0.3, 0.4) is 0 Å². The molecule has 0 saturated carbocycles. The van der Waals surface area contributed by atoms with Gasteiger partial charge in [-0.2, -0.15) is 0 Å². The molecule has 4 heteroatoms. The van der Waals surface area contributed by atoms with Gasteiger partial charge in [-0.1, -0.05) is 127 Å². The number of hydrogen-bond donors (Lipinski definition) is 0. The minimum Gasteiger partial charge on any atom is -0.308 e. The van der Waals surface area contributed by atoms with Gasteiger partial charge in [0.1, 0.15) is 11.0 Å². The van der Waals surface area contributed by atoms with Crippen molar-refractivity contribution in [3.05, 3.63) is 182 Å². The van der Waals surface area contributed by atoms with Crippen molar-refractivity contribution in [3.63, 3.8) is 0 Å². The summed E-state index contributed by atoms with van der Waals surface area (Å²) in [6.45, 7) is 0. The van der Waals surface area contributed by atoms with Crippen LogP contribution in [0.15, 0.2) is 182 Å². The fourth-order valence-electron chi connectivity index (χ4n) is 7.55. The Hall–Kier alpha value is -6.78. The van der Waals surface area contributed by atoms with E-state index in [4.69, 9.17) is 9.97 Å². The molecule has 0 unspecified atom stereocenters. The van der Waals surface area contributed by atoms with Crippen LogP contribution in [0.25, 0.3) is 55.1 Å². The minimum absolute atomic E-state index is 0.833. The van der Waals surface area contributed by atoms with Crippen LogP contribution in [-0.4, -0.2) is 9.97 Å². The van der Waals surface area contributed by atoms with E-state index in [1.807, 2.05) is 0 Å². The van der Waals surface area contributed by atoms with Gasteiger partial charge in [0.2, 0.25) is 0 Å². The summed E-state index contributed by atoms with van der Waals surface area (Å²) in [5.41, 5.74) is 11.9. The first-order valence-corrected chi connectivity index (χ1v) is 16.9. The molecule has 0 atom stereocenters. The molecular weight excluding hydrogens is 609 g/mol. The van der Waals surface area contributed by atoms with Gasteiger partial charge in [0, 0.05) is 39.0 Å². The van der Waals surface area contributed by atoms with Crippen molar-refractivity contribution < 1.29 is 0 Å². The van der Waals surface area contributed by atoms with Gasteiger partial charge in [0.25, 0.3) is 0 Å². The molecular formula is C46H30N4. The molecule has 50 heavy (non-hydrogen) atoms. The number of anilines is 6. The lowest BCUT2D eigenvalue weighted by atomic mass is 10.0. The first-order valence-electron chi connectivity index (χ1n) is 16.9. The highest BCUT2D eigenvalue weighted by Crippen LogP contribution is 2.50. The third-order valence-corrected chi connectivity index (χ3v) is 9.73. The summed E-state index contributed by atoms with van der Waals surface area (Å²) >= 11 is 0. The van der Waals surface area contributed by atoms with Gasteiger partial charge in [-0.3, -0.25) is 0 Å². The zero-order valence-electron chi connectivity index (χ0n) is 27.1. The Morgan fingerprint density at radius 3 is 1.34 bits per heavy atom. The van der Waals surface area contributed by atoms with Crippen LogP contribution in [0.1, 0.15) is 0 Å². The highest BCUT2D eigenvalue weighted by Gasteiger charge is 2.29. The molecule has 0 bridgehead atoms. The predicted octanol–water partition coefficient (Wildman–Crippen LogP) is 12.5. The van der Waals surface area contributed by atoms with Crippen LogP contribution in [0.2, 0.25) is 0 Å². The van der Waals surface area contributed by atoms with E-state index >= 15 is 0 Å². The van der Waals surface area contributed by atoms with Gasteiger partial charge >= 0.3 is 0 Å². The molecule has 1 aliphatic carbocycles. The van der Waals surface area contributed by atoms with E-state index in [1.54, 1.807) is 0 Å². The molecule has 0 amide bonds. The first kappa shape index (κ1) is 28.3. The number of fused-ring (bicyclic) bond motifs is 5. The average Bonchev–Trinajstić information content (AvgIpc) is 3.50. The Morgan fingerprint density at radius 1 is 0.320 bits per heavy atom. The number of para-hydroxylation sites is 3. The zero-order chi connectivity index (χ0) is 33.0. The maximum absolute atomic E-state index is 5.65. The predicted molar refractivity (Wildman–Crippen MR) is 208 cm³/mol. The Kier molecular flexibility index (Phi) is 6.46. The molecule has 10 rings (SSSR count). The summed E-state index contributed by atoms with van der Waals surface area (Å²) in [7, 11) is 0. The average molecular weight is 639 g/mol. The van der Waals surface area contributed by atoms with E-state index in [1.165, 1.54) is 16.2 Å². The topological polar surface area (TPSA) is 32.3 Å². The van der Waals surface area contributed by atoms with E-state index in [9.17, 15) is 0 Å². The van der Waals surface area contributed by atoms with Gasteiger partial charge in [-0.15, -0.1) is 0 Å². The van der Waals surface area contributed by atoms with E-state index in [0.29, 0.717) is 0 Å². The third-order valence-electron chi connectivity index (χ3n) is 9.73. The Bertz CT molecular complexity index is 2660. The lowest BCUT2D eigenvalue weighted by molar-refractivity contribution is 1.23. The van der Waals surface area contributed by atoms with Crippen molar-refractivity contribution >= 4 is 66.7 Å². The second kappa shape index (κ2) is 11.4. The van der Waals surface area contributed by atoms with E-state index < -0.39 is 0 Å². The molecule has 4 nitrogen and oxygen atoms in total. The molecule has 1 aromatic heterocycles. The molecule has 1 aliphatic rings. The normalized spacial score (nSPS) is 11.6. The fraction of sp³-hybridized carbons (Fsp3) is 0. The molecule has 0 saturated heterocycles. The number of rotatable bonds is 6. The monoisotopic (exact) mass is 638 g/mol. The summed E-state index contributed by atoms with van der Waals surface area (Å²) < 4.78 is 0. The second-order valence-electron chi connectivity index (χ2n) is 12.6. The van der Waals surface area contributed by atoms with E-state index in [2.05, 4.69) is 192 Å². The van der Waals surface area contributed by atoms with Crippen LogP contribution >= 0.6 is 0 Å². The molecule has 0 N–H and O–H groups in total. The largest absolute Gasteiger partial charge is 0.308 e. The third kappa shape index (κ3) is 4.39. The second-order valence-corrected chi connectivity index (χ2v) is 12.6. The van der Waals surface area contributed by atoms with Crippen LogP contribution in [0.4, 0.5) is 34.1 Å². The smallest absolute Gasteiger partial charge is 0.116 e. The fourth-order valence-corrected chi connectivity index (χ4v) is 7.55. The van der Waals surface area contributed by atoms with Crippen LogP contribution in [0.5, 0.6) is 0 Å². The molecule has 8 aromatic carbocycles. The van der Waals surface area contributed by atoms with Crippen molar-refractivity contribution in [1.82, 2.24) is 9.97 Å². The van der Waals surface area contributed by atoms with Crippen LogP contribution in [-0.2, 0) is 0 Å². The van der Waals surface area contributed by atoms with Crippen LogP contribution in [0, 0.1) is 0 Å². The highest BCUT2D eigenvalue weighted by molar-refractivity contribution is 6.16. The SMILES string of the molecule is c1ccc(N(c2ccccc2)c2ccc(N(c3ccccc3)c3cccc4ccccc34)c3nc4c(nc23)-c2cccc3cccc-4c23)cc1. The summed E-state index contributed by atoms with van der Waals surface area (Å²) in [4.78, 5) is 15.9. The van der Waals surface area contributed by atoms with Crippen molar-refractivity contribution in [2.24, 2.45) is 0 Å². The standard InChI is InChI=1S/C46H30N4/c1-4-19-33(20-5-1)49(34-21-6-2-7-22-34)40-29-30-41(50(35-23-8-3-9-24-35)39-28-14-16-31-15-10-11-25-36(31)39)46-45(40)47-43-37-26-12-17-32-18-13-27-38(42(32)37)44(43)48-46/h1-30H. The lowest BCUT2D eigenvalue weighted by Crippen LogP contribution is -2.15. The van der Waals surface area contributed by atoms with Crippen molar-refractivity contribution in [2.75, 3.05) is 9.80 Å². The van der Waals surface area contributed by atoms with Gasteiger partial charge < -0.3 is 9.80 Å². The Labute approximate surface area is 290 Å². The molecule has 0 aliphatic heterocycles. The maximum Gasteiger partial charge on any atom is 0.116 e. The lowest BCUT2D eigenvalue weighted by Gasteiger charge is -2.30. The molecule has 9 aromatic rings. The quantitative estimate of drug-likeness (QED) is 0.181. The molecule has 234 valence electrons. The summed E-state index contributed by atoms with van der Waals surface area (Å²) in [5, 5.41) is 4.75. The van der Waals surface area contributed by atoms with Crippen molar-refractivity contribution in [2.45, 2.75) is 0 Å². The van der Waals surface area contributed by atoms with E-state index in [0.717, 1.165) is 73.1 Å².